The normalized spacial score (nSPS) is 19.8. The largest absolute Gasteiger partial charge is 0.303 e. The van der Waals surface area contributed by atoms with Crippen molar-refractivity contribution >= 4 is 23.4 Å². The first kappa shape index (κ1) is 11.8. The number of rotatable bonds is 7. The average Bonchev–Trinajstić information content (AvgIpc) is 3.23. The second kappa shape index (κ2) is 5.19. The molecule has 3 rings (SSSR count). The SMILES string of the molecule is ClCCCCSc1nnc(C2CC2)n1C1CC1. The van der Waals surface area contributed by atoms with E-state index in [0.29, 0.717) is 12.0 Å². The van der Waals surface area contributed by atoms with Crippen LogP contribution in [0.4, 0.5) is 0 Å². The van der Waals surface area contributed by atoms with E-state index in [2.05, 4.69) is 14.8 Å². The third-order valence-electron chi connectivity index (χ3n) is 3.30. The van der Waals surface area contributed by atoms with Crippen LogP contribution < -0.4 is 0 Å². The van der Waals surface area contributed by atoms with Crippen molar-refractivity contribution in [3.63, 3.8) is 0 Å². The predicted octanol–water partition coefficient (Wildman–Crippen LogP) is 3.60. The molecule has 3 nitrogen and oxygen atoms in total. The van der Waals surface area contributed by atoms with Crippen molar-refractivity contribution in [1.82, 2.24) is 14.8 Å². The van der Waals surface area contributed by atoms with Gasteiger partial charge in [-0.2, -0.15) is 0 Å². The van der Waals surface area contributed by atoms with E-state index < -0.39 is 0 Å². The van der Waals surface area contributed by atoms with Gasteiger partial charge in [0.1, 0.15) is 5.82 Å². The molecule has 0 spiro atoms. The Morgan fingerprint density at radius 3 is 2.65 bits per heavy atom. The van der Waals surface area contributed by atoms with Crippen LogP contribution in [0.5, 0.6) is 0 Å². The molecule has 0 bridgehead atoms. The molecule has 2 aliphatic rings. The van der Waals surface area contributed by atoms with E-state index in [1.54, 1.807) is 0 Å². The minimum Gasteiger partial charge on any atom is -0.303 e. The fourth-order valence-corrected chi connectivity index (χ4v) is 3.24. The summed E-state index contributed by atoms with van der Waals surface area (Å²) in [7, 11) is 0. The smallest absolute Gasteiger partial charge is 0.191 e. The van der Waals surface area contributed by atoms with Gasteiger partial charge in [-0.1, -0.05) is 11.8 Å². The third-order valence-corrected chi connectivity index (χ3v) is 4.60. The van der Waals surface area contributed by atoms with Crippen molar-refractivity contribution in [3.05, 3.63) is 5.82 Å². The molecule has 1 heterocycles. The highest BCUT2D eigenvalue weighted by Gasteiger charge is 2.36. The molecule has 17 heavy (non-hydrogen) atoms. The average molecular weight is 272 g/mol. The van der Waals surface area contributed by atoms with E-state index in [0.717, 1.165) is 23.2 Å². The molecule has 0 unspecified atom stereocenters. The lowest BCUT2D eigenvalue weighted by atomic mass is 10.4. The van der Waals surface area contributed by atoms with E-state index in [4.69, 9.17) is 11.6 Å². The lowest BCUT2D eigenvalue weighted by molar-refractivity contribution is 0.626. The second-order valence-corrected chi connectivity index (χ2v) is 6.40. The zero-order chi connectivity index (χ0) is 11.7. The molecule has 2 saturated carbocycles. The van der Waals surface area contributed by atoms with Crippen LogP contribution in [0, 0.1) is 0 Å². The number of hydrogen-bond donors (Lipinski definition) is 0. The number of halogens is 1. The maximum absolute atomic E-state index is 5.69. The van der Waals surface area contributed by atoms with Crippen LogP contribution in [0.3, 0.4) is 0 Å². The van der Waals surface area contributed by atoms with Gasteiger partial charge in [-0.15, -0.1) is 21.8 Å². The van der Waals surface area contributed by atoms with Crippen molar-refractivity contribution in [2.24, 2.45) is 0 Å². The maximum atomic E-state index is 5.69. The first-order valence-corrected chi connectivity index (χ1v) is 8.05. The monoisotopic (exact) mass is 271 g/mol. The Bertz CT molecular complexity index is 385. The summed E-state index contributed by atoms with van der Waals surface area (Å²) in [5, 5.41) is 9.93. The molecule has 0 atom stereocenters. The summed E-state index contributed by atoms with van der Waals surface area (Å²) < 4.78 is 2.42. The highest BCUT2D eigenvalue weighted by Crippen LogP contribution is 2.45. The van der Waals surface area contributed by atoms with Crippen molar-refractivity contribution in [2.45, 2.75) is 55.6 Å². The molecule has 0 saturated heterocycles. The number of aromatic nitrogens is 3. The number of alkyl halides is 1. The Morgan fingerprint density at radius 2 is 2.00 bits per heavy atom. The van der Waals surface area contributed by atoms with Crippen molar-refractivity contribution in [2.75, 3.05) is 11.6 Å². The summed E-state index contributed by atoms with van der Waals surface area (Å²) in [6, 6.07) is 0.705. The van der Waals surface area contributed by atoms with Crippen molar-refractivity contribution in [1.29, 1.82) is 0 Å². The van der Waals surface area contributed by atoms with E-state index >= 15 is 0 Å². The number of thioether (sulfide) groups is 1. The maximum Gasteiger partial charge on any atom is 0.191 e. The van der Waals surface area contributed by atoms with Crippen LogP contribution in [0.1, 0.15) is 56.3 Å². The summed E-state index contributed by atoms with van der Waals surface area (Å²) >= 11 is 7.54. The fourth-order valence-electron chi connectivity index (χ4n) is 2.04. The molecule has 0 aliphatic heterocycles. The minimum absolute atomic E-state index is 0.705. The highest BCUT2D eigenvalue weighted by atomic mass is 35.5. The first-order valence-electron chi connectivity index (χ1n) is 6.53. The molecule has 0 aromatic carbocycles. The van der Waals surface area contributed by atoms with Gasteiger partial charge in [-0.25, -0.2) is 0 Å². The van der Waals surface area contributed by atoms with Crippen LogP contribution >= 0.6 is 23.4 Å². The molecule has 94 valence electrons. The molecular formula is C12H18ClN3S. The zero-order valence-electron chi connectivity index (χ0n) is 9.94. The van der Waals surface area contributed by atoms with Gasteiger partial charge in [0.25, 0.3) is 0 Å². The Morgan fingerprint density at radius 1 is 1.18 bits per heavy atom. The van der Waals surface area contributed by atoms with E-state index in [9.17, 15) is 0 Å². The first-order chi connectivity index (χ1) is 8.40. The predicted molar refractivity (Wildman–Crippen MR) is 70.9 cm³/mol. The quantitative estimate of drug-likeness (QED) is 0.431. The number of nitrogens with zero attached hydrogens (tertiary/aromatic N) is 3. The summed E-state index contributed by atoms with van der Waals surface area (Å²) in [6.45, 7) is 0. The van der Waals surface area contributed by atoms with Gasteiger partial charge < -0.3 is 4.57 Å². The van der Waals surface area contributed by atoms with E-state index in [1.807, 2.05) is 11.8 Å². The molecule has 5 heteroatoms. The molecule has 0 N–H and O–H groups in total. The zero-order valence-corrected chi connectivity index (χ0v) is 11.5. The summed E-state index contributed by atoms with van der Waals surface area (Å²) in [5.74, 6) is 3.85. The van der Waals surface area contributed by atoms with Gasteiger partial charge >= 0.3 is 0 Å². The van der Waals surface area contributed by atoms with Gasteiger partial charge in [-0.05, 0) is 38.5 Å². The third kappa shape index (κ3) is 2.79. The topological polar surface area (TPSA) is 30.7 Å². The van der Waals surface area contributed by atoms with Gasteiger partial charge in [0, 0.05) is 23.6 Å². The Labute approximate surface area is 111 Å². The van der Waals surface area contributed by atoms with Crippen LogP contribution in [0.2, 0.25) is 0 Å². The Kier molecular flexibility index (Phi) is 3.61. The Hall–Kier alpha value is -0.220. The van der Waals surface area contributed by atoms with Gasteiger partial charge in [0.2, 0.25) is 0 Å². The number of hydrogen-bond acceptors (Lipinski definition) is 3. The lowest BCUT2D eigenvalue weighted by Crippen LogP contribution is -2.02. The van der Waals surface area contributed by atoms with Crippen LogP contribution in [-0.4, -0.2) is 26.4 Å². The molecule has 0 radical (unpaired) electrons. The minimum atomic E-state index is 0.705. The number of unbranched alkanes of at least 4 members (excludes halogenated alkanes) is 1. The second-order valence-electron chi connectivity index (χ2n) is 4.96. The van der Waals surface area contributed by atoms with Gasteiger partial charge in [-0.3, -0.25) is 0 Å². The van der Waals surface area contributed by atoms with Crippen LogP contribution in [0.15, 0.2) is 5.16 Å². The van der Waals surface area contributed by atoms with Crippen LogP contribution in [-0.2, 0) is 0 Å². The fraction of sp³-hybridized carbons (Fsp3) is 0.833. The molecule has 1 aromatic rings. The summed E-state index contributed by atoms with van der Waals surface area (Å²) in [5.41, 5.74) is 0. The molecule has 2 aliphatic carbocycles. The molecule has 2 fully saturated rings. The summed E-state index contributed by atoms with van der Waals surface area (Å²) in [4.78, 5) is 0. The molecule has 0 amide bonds. The van der Waals surface area contributed by atoms with Crippen molar-refractivity contribution < 1.29 is 0 Å². The summed E-state index contributed by atoms with van der Waals surface area (Å²) in [6.07, 6.45) is 7.51. The van der Waals surface area contributed by atoms with Crippen molar-refractivity contribution in [3.8, 4) is 0 Å². The standard InChI is InChI=1S/C12H18ClN3S/c13-7-1-2-8-17-12-15-14-11(9-3-4-9)16(12)10-5-6-10/h9-10H,1-8H2. The van der Waals surface area contributed by atoms with Gasteiger partial charge in [0.15, 0.2) is 5.16 Å². The lowest BCUT2D eigenvalue weighted by Gasteiger charge is -2.07. The van der Waals surface area contributed by atoms with E-state index in [1.165, 1.54) is 37.9 Å². The van der Waals surface area contributed by atoms with Crippen LogP contribution in [0.25, 0.3) is 0 Å². The molecular weight excluding hydrogens is 254 g/mol. The van der Waals surface area contributed by atoms with Gasteiger partial charge in [0.05, 0.1) is 0 Å². The highest BCUT2D eigenvalue weighted by molar-refractivity contribution is 7.99. The Balaban J connectivity index is 1.66. The van der Waals surface area contributed by atoms with E-state index in [-0.39, 0.29) is 0 Å². The molecule has 1 aromatic heterocycles.